The summed E-state index contributed by atoms with van der Waals surface area (Å²) < 4.78 is 18.4. The lowest BCUT2D eigenvalue weighted by Crippen LogP contribution is -2.25. The van der Waals surface area contributed by atoms with Crippen molar-refractivity contribution in [3.05, 3.63) is 83.1 Å². The Kier molecular flexibility index (Phi) is 5.81. The van der Waals surface area contributed by atoms with E-state index < -0.39 is 23.6 Å². The fraction of sp³-hybridized carbons (Fsp3) is 0.150. The van der Waals surface area contributed by atoms with Crippen LogP contribution in [0.3, 0.4) is 0 Å². The Hall–Kier alpha value is -3.52. The molecule has 0 spiro atoms. The molecule has 8 heteroatoms. The number of nitrogens with one attached hydrogen (secondary N) is 1. The van der Waals surface area contributed by atoms with Crippen molar-refractivity contribution in [2.24, 2.45) is 0 Å². The van der Waals surface area contributed by atoms with Crippen molar-refractivity contribution in [2.75, 3.05) is 7.11 Å². The molecule has 3 aromatic rings. The molecule has 1 unspecified atom stereocenters. The zero-order chi connectivity index (χ0) is 20.1. The number of carbonyl (C=O) groups excluding carboxylic acids is 1. The summed E-state index contributed by atoms with van der Waals surface area (Å²) in [5.74, 6) is -2.54. The van der Waals surface area contributed by atoms with Crippen LogP contribution in [0.2, 0.25) is 0 Å². The normalized spacial score (nSPS) is 11.8. The molecule has 3 rings (SSSR count). The minimum atomic E-state index is -0.739. The smallest absolute Gasteiger partial charge is 0.274 e. The summed E-state index contributed by atoms with van der Waals surface area (Å²) >= 11 is 0. The summed E-state index contributed by atoms with van der Waals surface area (Å²) in [5, 5.41) is 22.5. The second kappa shape index (κ2) is 8.45. The number of hydrogen-bond donors (Lipinski definition) is 3. The van der Waals surface area contributed by atoms with Gasteiger partial charge in [0.25, 0.3) is 11.8 Å². The highest BCUT2D eigenvalue weighted by Crippen LogP contribution is 2.30. The number of amides is 1. The van der Waals surface area contributed by atoms with Gasteiger partial charge >= 0.3 is 0 Å². The van der Waals surface area contributed by atoms with Crippen molar-refractivity contribution in [3.8, 4) is 11.6 Å². The Morgan fingerprint density at radius 3 is 2.43 bits per heavy atom. The molecule has 0 aliphatic rings. The van der Waals surface area contributed by atoms with Crippen LogP contribution in [0.1, 0.15) is 33.5 Å². The van der Waals surface area contributed by atoms with Crippen LogP contribution in [0.15, 0.2) is 54.6 Å². The van der Waals surface area contributed by atoms with Gasteiger partial charge in [-0.05, 0) is 23.3 Å². The molecule has 28 heavy (non-hydrogen) atoms. The molecule has 1 aromatic heterocycles. The highest BCUT2D eigenvalue weighted by atomic mass is 19.1. The van der Waals surface area contributed by atoms with Gasteiger partial charge in [-0.1, -0.05) is 42.5 Å². The van der Waals surface area contributed by atoms with Crippen LogP contribution in [0.4, 0.5) is 4.39 Å². The highest BCUT2D eigenvalue weighted by Gasteiger charge is 2.24. The molecule has 3 N–H and O–H groups in total. The first-order valence-corrected chi connectivity index (χ1v) is 8.40. The lowest BCUT2D eigenvalue weighted by molar-refractivity contribution is 0.0937. The number of hydrogen-bond acceptors (Lipinski definition) is 6. The molecular weight excluding hydrogens is 365 g/mol. The van der Waals surface area contributed by atoms with Crippen molar-refractivity contribution in [1.82, 2.24) is 15.3 Å². The molecule has 2 aromatic carbocycles. The maximum atomic E-state index is 13.0. The molecule has 0 aliphatic heterocycles. The van der Waals surface area contributed by atoms with Crippen molar-refractivity contribution >= 4 is 5.91 Å². The van der Waals surface area contributed by atoms with Gasteiger partial charge < -0.3 is 20.3 Å². The summed E-state index contributed by atoms with van der Waals surface area (Å²) in [6.45, 7) is 0.0883. The molecule has 0 aliphatic carbocycles. The van der Waals surface area contributed by atoms with Gasteiger partial charge in [0.15, 0.2) is 11.5 Å². The molecule has 0 saturated carbocycles. The van der Waals surface area contributed by atoms with Gasteiger partial charge in [0.1, 0.15) is 11.9 Å². The van der Waals surface area contributed by atoms with E-state index in [0.717, 1.165) is 0 Å². The third-order valence-corrected chi connectivity index (χ3v) is 4.04. The molecule has 1 heterocycles. The SMILES string of the molecule is COC(c1ccccc1)c1nc(O)c(O)c(C(=O)NCc2ccc(F)cc2)n1. The minimum Gasteiger partial charge on any atom is -0.501 e. The number of aromatic hydroxyl groups is 2. The van der Waals surface area contributed by atoms with Crippen LogP contribution in [0.25, 0.3) is 0 Å². The first-order chi connectivity index (χ1) is 13.5. The Morgan fingerprint density at radius 1 is 1.11 bits per heavy atom. The first-order valence-electron chi connectivity index (χ1n) is 8.40. The summed E-state index contributed by atoms with van der Waals surface area (Å²) in [4.78, 5) is 20.4. The zero-order valence-electron chi connectivity index (χ0n) is 15.0. The number of ether oxygens (including phenoxy) is 1. The molecule has 0 saturated heterocycles. The standard InChI is InChI=1S/C20H18FN3O4/c1-28-17(13-5-3-2-4-6-13)18-23-15(16(25)20(27)24-18)19(26)22-11-12-7-9-14(21)10-8-12/h2-10,17,25H,11H2,1H3,(H,22,26)(H,23,24,27). The second-order valence-corrected chi connectivity index (χ2v) is 5.94. The predicted molar refractivity (Wildman–Crippen MR) is 98.2 cm³/mol. The van der Waals surface area contributed by atoms with Crippen LogP contribution in [0, 0.1) is 5.82 Å². The van der Waals surface area contributed by atoms with Crippen LogP contribution < -0.4 is 5.32 Å². The van der Waals surface area contributed by atoms with Gasteiger partial charge in [-0.3, -0.25) is 4.79 Å². The van der Waals surface area contributed by atoms with Gasteiger partial charge in [0.05, 0.1) is 0 Å². The fourth-order valence-electron chi connectivity index (χ4n) is 2.62. The zero-order valence-corrected chi connectivity index (χ0v) is 15.0. The predicted octanol–water partition coefficient (Wildman–Crippen LogP) is 2.69. The largest absolute Gasteiger partial charge is 0.501 e. The number of methoxy groups -OCH3 is 1. The number of benzene rings is 2. The van der Waals surface area contributed by atoms with Gasteiger partial charge in [0.2, 0.25) is 5.75 Å². The van der Waals surface area contributed by atoms with Crippen molar-refractivity contribution in [2.45, 2.75) is 12.6 Å². The van der Waals surface area contributed by atoms with Crippen molar-refractivity contribution < 1.29 is 24.1 Å². The molecule has 7 nitrogen and oxygen atoms in total. The van der Waals surface area contributed by atoms with E-state index in [-0.39, 0.29) is 23.9 Å². The quantitative estimate of drug-likeness (QED) is 0.605. The van der Waals surface area contributed by atoms with Crippen LogP contribution in [-0.4, -0.2) is 33.2 Å². The maximum absolute atomic E-state index is 13.0. The Morgan fingerprint density at radius 2 is 1.79 bits per heavy atom. The molecule has 144 valence electrons. The van der Waals surface area contributed by atoms with Gasteiger partial charge in [0, 0.05) is 13.7 Å². The van der Waals surface area contributed by atoms with E-state index in [0.29, 0.717) is 11.1 Å². The van der Waals surface area contributed by atoms with E-state index in [2.05, 4.69) is 15.3 Å². The van der Waals surface area contributed by atoms with E-state index in [1.165, 1.54) is 31.4 Å². The summed E-state index contributed by atoms with van der Waals surface area (Å²) in [6, 6.07) is 14.6. The fourth-order valence-corrected chi connectivity index (χ4v) is 2.62. The average Bonchev–Trinajstić information content (AvgIpc) is 2.71. The lowest BCUT2D eigenvalue weighted by atomic mass is 10.1. The molecule has 0 fully saturated rings. The Labute approximate surface area is 160 Å². The molecule has 1 amide bonds. The molecular formula is C20H18FN3O4. The van der Waals surface area contributed by atoms with Crippen LogP contribution >= 0.6 is 0 Å². The summed E-state index contributed by atoms with van der Waals surface area (Å²) in [5.41, 5.74) is 0.988. The summed E-state index contributed by atoms with van der Waals surface area (Å²) in [7, 11) is 1.44. The second-order valence-electron chi connectivity index (χ2n) is 5.94. The third-order valence-electron chi connectivity index (χ3n) is 4.04. The first kappa shape index (κ1) is 19.2. The molecule has 1 atom stereocenters. The third kappa shape index (κ3) is 4.24. The molecule has 0 bridgehead atoms. The lowest BCUT2D eigenvalue weighted by Gasteiger charge is -2.16. The highest BCUT2D eigenvalue weighted by molar-refractivity contribution is 5.95. The van der Waals surface area contributed by atoms with E-state index in [1.807, 2.05) is 6.07 Å². The van der Waals surface area contributed by atoms with E-state index >= 15 is 0 Å². The van der Waals surface area contributed by atoms with Crippen LogP contribution in [-0.2, 0) is 11.3 Å². The number of rotatable bonds is 6. The van der Waals surface area contributed by atoms with Gasteiger partial charge in [-0.25, -0.2) is 9.37 Å². The Bertz CT molecular complexity index is 965. The number of halogens is 1. The van der Waals surface area contributed by atoms with E-state index in [1.54, 1.807) is 24.3 Å². The monoisotopic (exact) mass is 383 g/mol. The minimum absolute atomic E-state index is 0.0240. The van der Waals surface area contributed by atoms with Crippen molar-refractivity contribution in [3.63, 3.8) is 0 Å². The number of nitrogens with zero attached hydrogens (tertiary/aromatic N) is 2. The van der Waals surface area contributed by atoms with Gasteiger partial charge in [-0.15, -0.1) is 0 Å². The average molecular weight is 383 g/mol. The number of carbonyl (C=O) groups is 1. The van der Waals surface area contributed by atoms with Gasteiger partial charge in [-0.2, -0.15) is 4.98 Å². The maximum Gasteiger partial charge on any atom is 0.274 e. The van der Waals surface area contributed by atoms with E-state index in [9.17, 15) is 19.4 Å². The Balaban J connectivity index is 1.86. The number of aromatic nitrogens is 2. The van der Waals surface area contributed by atoms with E-state index in [4.69, 9.17) is 4.74 Å². The van der Waals surface area contributed by atoms with Crippen LogP contribution in [0.5, 0.6) is 11.6 Å². The molecule has 0 radical (unpaired) electrons. The van der Waals surface area contributed by atoms with Crippen molar-refractivity contribution in [1.29, 1.82) is 0 Å². The topological polar surface area (TPSA) is 105 Å². The summed E-state index contributed by atoms with van der Waals surface area (Å²) in [6.07, 6.45) is -0.739.